The van der Waals surface area contributed by atoms with Gasteiger partial charge in [-0.2, -0.15) is 0 Å². The fraction of sp³-hybridized carbons (Fsp3) is 0.267. The van der Waals surface area contributed by atoms with Crippen LogP contribution in [0.25, 0.3) is 0 Å². The molecular weight excluding hydrogens is 300 g/mol. The molecule has 0 saturated heterocycles. The van der Waals surface area contributed by atoms with Gasteiger partial charge in [0, 0.05) is 37.2 Å². The summed E-state index contributed by atoms with van der Waals surface area (Å²) in [5.74, 6) is 0.687. The number of benzene rings is 1. The highest BCUT2D eigenvalue weighted by Gasteiger charge is 2.02. The van der Waals surface area contributed by atoms with Crippen LogP contribution in [0.15, 0.2) is 46.6 Å². The first-order chi connectivity index (χ1) is 10.7. The van der Waals surface area contributed by atoms with E-state index in [1.54, 1.807) is 7.11 Å². The summed E-state index contributed by atoms with van der Waals surface area (Å²) in [7, 11) is 1.66. The smallest absolute Gasteiger partial charge is 0.221 e. The summed E-state index contributed by atoms with van der Waals surface area (Å²) in [6, 6.07) is 9.50. The molecule has 0 atom stereocenters. The van der Waals surface area contributed by atoms with Gasteiger partial charge >= 0.3 is 0 Å². The zero-order valence-electron chi connectivity index (χ0n) is 12.5. The van der Waals surface area contributed by atoms with Crippen molar-refractivity contribution in [1.29, 1.82) is 0 Å². The van der Waals surface area contributed by atoms with E-state index in [0.29, 0.717) is 13.2 Å². The van der Waals surface area contributed by atoms with Gasteiger partial charge < -0.3 is 15.4 Å². The minimum atomic E-state index is -0.0806. The monoisotopic (exact) mass is 318 g/mol. The van der Waals surface area contributed by atoms with E-state index < -0.39 is 0 Å². The first-order valence-corrected chi connectivity index (χ1v) is 7.59. The molecule has 0 saturated carbocycles. The van der Waals surface area contributed by atoms with Crippen LogP contribution in [0, 0.1) is 0 Å². The third kappa shape index (κ3) is 5.34. The first-order valence-electron chi connectivity index (χ1n) is 6.78. The molecule has 0 fully saturated rings. The van der Waals surface area contributed by atoms with E-state index >= 15 is 0 Å². The standard InChI is InChI=1S/C15H18N4O2S/c1-11(20)19-12-3-5-13(6-4-12)22-15-9-14(17-10-18-15)16-7-8-21-2/h3-6,9-10H,7-8H2,1-2H3,(H,19,20)(H,16,17,18). The normalized spacial score (nSPS) is 10.3. The summed E-state index contributed by atoms with van der Waals surface area (Å²) in [6.07, 6.45) is 1.53. The molecule has 116 valence electrons. The summed E-state index contributed by atoms with van der Waals surface area (Å²) in [4.78, 5) is 20.4. The van der Waals surface area contributed by atoms with E-state index in [-0.39, 0.29) is 5.91 Å². The van der Waals surface area contributed by atoms with Crippen LogP contribution in [0.5, 0.6) is 0 Å². The number of hydrogen-bond donors (Lipinski definition) is 2. The van der Waals surface area contributed by atoms with Crippen LogP contribution in [0.2, 0.25) is 0 Å². The lowest BCUT2D eigenvalue weighted by Gasteiger charge is -2.07. The summed E-state index contributed by atoms with van der Waals surface area (Å²) in [5, 5.41) is 6.75. The lowest BCUT2D eigenvalue weighted by Crippen LogP contribution is -2.08. The number of nitrogens with one attached hydrogen (secondary N) is 2. The van der Waals surface area contributed by atoms with E-state index in [1.807, 2.05) is 30.3 Å². The van der Waals surface area contributed by atoms with Gasteiger partial charge in [0.1, 0.15) is 17.2 Å². The molecule has 1 aromatic carbocycles. The molecule has 1 aromatic heterocycles. The maximum Gasteiger partial charge on any atom is 0.221 e. The Morgan fingerprint density at radius 3 is 2.73 bits per heavy atom. The molecule has 0 aliphatic rings. The third-order valence-electron chi connectivity index (χ3n) is 2.65. The first kappa shape index (κ1) is 16.3. The number of carbonyl (C=O) groups excluding carboxylic acids is 1. The fourth-order valence-corrected chi connectivity index (χ4v) is 2.49. The Hall–Kier alpha value is -2.12. The number of anilines is 2. The lowest BCUT2D eigenvalue weighted by atomic mass is 10.3. The van der Waals surface area contributed by atoms with Crippen LogP contribution in [0.4, 0.5) is 11.5 Å². The Balaban J connectivity index is 1.97. The van der Waals surface area contributed by atoms with Gasteiger partial charge in [-0.3, -0.25) is 4.79 Å². The van der Waals surface area contributed by atoms with Crippen molar-refractivity contribution in [3.8, 4) is 0 Å². The van der Waals surface area contributed by atoms with Gasteiger partial charge in [0.2, 0.25) is 5.91 Å². The molecule has 7 heteroatoms. The number of aromatic nitrogens is 2. The molecule has 0 radical (unpaired) electrons. The fourth-order valence-electron chi connectivity index (χ4n) is 1.70. The molecule has 0 aliphatic heterocycles. The third-order valence-corrected chi connectivity index (χ3v) is 3.59. The maximum absolute atomic E-state index is 11.0. The summed E-state index contributed by atoms with van der Waals surface area (Å²) < 4.78 is 4.99. The van der Waals surface area contributed by atoms with Crippen molar-refractivity contribution in [3.05, 3.63) is 36.7 Å². The molecule has 2 rings (SSSR count). The molecule has 0 unspecified atom stereocenters. The van der Waals surface area contributed by atoms with E-state index in [1.165, 1.54) is 25.0 Å². The predicted molar refractivity (Wildman–Crippen MR) is 87.3 cm³/mol. The molecule has 2 aromatic rings. The van der Waals surface area contributed by atoms with Gasteiger partial charge in [-0.25, -0.2) is 9.97 Å². The van der Waals surface area contributed by atoms with E-state index in [0.717, 1.165) is 21.4 Å². The lowest BCUT2D eigenvalue weighted by molar-refractivity contribution is -0.114. The van der Waals surface area contributed by atoms with Crippen LogP contribution in [0.3, 0.4) is 0 Å². The largest absolute Gasteiger partial charge is 0.383 e. The van der Waals surface area contributed by atoms with Gasteiger partial charge in [-0.15, -0.1) is 0 Å². The van der Waals surface area contributed by atoms with E-state index in [2.05, 4.69) is 20.6 Å². The average molecular weight is 318 g/mol. The van der Waals surface area contributed by atoms with E-state index in [4.69, 9.17) is 4.74 Å². The van der Waals surface area contributed by atoms with Gasteiger partial charge in [-0.1, -0.05) is 11.8 Å². The minimum absolute atomic E-state index is 0.0806. The van der Waals surface area contributed by atoms with Crippen LogP contribution >= 0.6 is 11.8 Å². The zero-order chi connectivity index (χ0) is 15.8. The van der Waals surface area contributed by atoms with Gasteiger partial charge in [0.15, 0.2) is 0 Å². The topological polar surface area (TPSA) is 76.1 Å². The number of ether oxygens (including phenoxy) is 1. The van der Waals surface area contributed by atoms with Crippen molar-refractivity contribution >= 4 is 29.2 Å². The highest BCUT2D eigenvalue weighted by molar-refractivity contribution is 7.99. The number of amides is 1. The molecule has 0 aliphatic carbocycles. The minimum Gasteiger partial charge on any atom is -0.383 e. The Morgan fingerprint density at radius 2 is 2.05 bits per heavy atom. The Kier molecular flexibility index (Phi) is 6.17. The summed E-state index contributed by atoms with van der Waals surface area (Å²) in [6.45, 7) is 2.81. The predicted octanol–water partition coefficient (Wildman–Crippen LogP) is 2.64. The Morgan fingerprint density at radius 1 is 1.27 bits per heavy atom. The summed E-state index contributed by atoms with van der Waals surface area (Å²) in [5.41, 5.74) is 0.779. The quantitative estimate of drug-likeness (QED) is 0.604. The van der Waals surface area contributed by atoms with Gasteiger partial charge in [-0.05, 0) is 24.3 Å². The summed E-state index contributed by atoms with van der Waals surface area (Å²) >= 11 is 1.53. The molecule has 1 heterocycles. The Labute approximate surface area is 133 Å². The van der Waals surface area contributed by atoms with Crippen molar-refractivity contribution in [2.45, 2.75) is 16.8 Å². The van der Waals surface area contributed by atoms with Crippen molar-refractivity contribution < 1.29 is 9.53 Å². The second-order valence-electron chi connectivity index (χ2n) is 4.47. The van der Waals surface area contributed by atoms with Crippen molar-refractivity contribution in [3.63, 3.8) is 0 Å². The van der Waals surface area contributed by atoms with Crippen molar-refractivity contribution in [2.24, 2.45) is 0 Å². The van der Waals surface area contributed by atoms with Crippen LogP contribution in [0.1, 0.15) is 6.92 Å². The molecule has 6 nitrogen and oxygen atoms in total. The molecule has 0 spiro atoms. The number of rotatable bonds is 7. The Bertz CT molecular complexity index is 619. The number of carbonyl (C=O) groups is 1. The highest BCUT2D eigenvalue weighted by Crippen LogP contribution is 2.27. The molecular formula is C15H18N4O2S. The second kappa shape index (κ2) is 8.35. The molecule has 1 amide bonds. The molecule has 2 N–H and O–H groups in total. The average Bonchev–Trinajstić information content (AvgIpc) is 2.49. The van der Waals surface area contributed by atoms with Crippen LogP contribution < -0.4 is 10.6 Å². The number of hydrogen-bond acceptors (Lipinski definition) is 6. The van der Waals surface area contributed by atoms with Gasteiger partial charge in [0.05, 0.1) is 6.61 Å². The number of nitrogens with zero attached hydrogens (tertiary/aromatic N) is 2. The molecule has 22 heavy (non-hydrogen) atoms. The maximum atomic E-state index is 11.0. The van der Waals surface area contributed by atoms with E-state index in [9.17, 15) is 4.79 Å². The SMILES string of the molecule is COCCNc1cc(Sc2ccc(NC(C)=O)cc2)ncn1. The van der Waals surface area contributed by atoms with Crippen LogP contribution in [-0.4, -0.2) is 36.1 Å². The molecule has 0 bridgehead atoms. The van der Waals surface area contributed by atoms with Crippen molar-refractivity contribution in [1.82, 2.24) is 9.97 Å². The zero-order valence-corrected chi connectivity index (χ0v) is 13.3. The van der Waals surface area contributed by atoms with Crippen LogP contribution in [-0.2, 0) is 9.53 Å². The van der Waals surface area contributed by atoms with Gasteiger partial charge in [0.25, 0.3) is 0 Å². The number of methoxy groups -OCH3 is 1. The second-order valence-corrected chi connectivity index (χ2v) is 5.56. The van der Waals surface area contributed by atoms with Crippen molar-refractivity contribution in [2.75, 3.05) is 30.9 Å². The highest BCUT2D eigenvalue weighted by atomic mass is 32.2.